The topological polar surface area (TPSA) is 205 Å². The molecule has 3 aromatic rings. The number of amides is 1. The van der Waals surface area contributed by atoms with Crippen LogP contribution < -0.4 is 15.5 Å². The lowest BCUT2D eigenvalue weighted by Crippen LogP contribution is -2.64. The van der Waals surface area contributed by atoms with E-state index in [0.29, 0.717) is 5.56 Å². The van der Waals surface area contributed by atoms with Gasteiger partial charge in [-0.1, -0.05) is 44.2 Å². The van der Waals surface area contributed by atoms with Crippen LogP contribution in [0.4, 0.5) is 0 Å². The van der Waals surface area contributed by atoms with Gasteiger partial charge in [-0.3, -0.25) is 9.59 Å². The van der Waals surface area contributed by atoms with E-state index in [-0.39, 0.29) is 16.7 Å². The van der Waals surface area contributed by atoms with Crippen LogP contribution in [0.3, 0.4) is 0 Å². The van der Waals surface area contributed by atoms with Crippen molar-refractivity contribution in [3.8, 4) is 28.6 Å². The molecule has 2 heterocycles. The van der Waals surface area contributed by atoms with Crippen LogP contribution in [0, 0.1) is 5.92 Å². The van der Waals surface area contributed by atoms with Crippen LogP contribution in [0.15, 0.2) is 51.7 Å². The van der Waals surface area contributed by atoms with Crippen LogP contribution in [0.25, 0.3) is 22.3 Å². The molecular weight excluding hydrogens is 530 g/mol. The first-order valence-corrected chi connectivity index (χ1v) is 12.3. The highest BCUT2D eigenvalue weighted by atomic mass is 16.7. The average Bonchev–Trinajstić information content (AvgIpc) is 2.93. The van der Waals surface area contributed by atoms with E-state index in [1.54, 1.807) is 44.2 Å². The summed E-state index contributed by atoms with van der Waals surface area (Å²) in [4.78, 5) is 37.7. The molecule has 13 heteroatoms. The first kappa shape index (κ1) is 28.8. The molecule has 214 valence electrons. The zero-order valence-corrected chi connectivity index (χ0v) is 21.7. The molecule has 0 radical (unpaired) electrons. The van der Waals surface area contributed by atoms with Crippen molar-refractivity contribution < 1.29 is 53.7 Å². The lowest BCUT2D eigenvalue weighted by molar-refractivity contribution is -0.267. The Bertz CT molecular complexity index is 1450. The molecule has 1 saturated heterocycles. The zero-order valence-electron chi connectivity index (χ0n) is 21.7. The lowest BCUT2D eigenvalue weighted by atomic mass is 9.97. The molecule has 1 fully saturated rings. The van der Waals surface area contributed by atoms with Gasteiger partial charge in [0.15, 0.2) is 23.0 Å². The second-order valence-corrected chi connectivity index (χ2v) is 9.55. The van der Waals surface area contributed by atoms with Crippen LogP contribution in [-0.2, 0) is 19.1 Å². The number of carbonyl (C=O) groups excluding carboxylic acids is 2. The molecule has 13 nitrogen and oxygen atoms in total. The van der Waals surface area contributed by atoms with Crippen LogP contribution in [-0.4, -0.2) is 81.3 Å². The van der Waals surface area contributed by atoms with Gasteiger partial charge in [-0.05, 0) is 5.92 Å². The molecule has 2 aromatic carbocycles. The number of benzene rings is 2. The molecule has 0 aliphatic carbocycles. The van der Waals surface area contributed by atoms with Crippen molar-refractivity contribution in [3.63, 3.8) is 0 Å². The van der Waals surface area contributed by atoms with Crippen molar-refractivity contribution in [2.24, 2.45) is 5.92 Å². The first-order chi connectivity index (χ1) is 18.9. The third kappa shape index (κ3) is 5.45. The summed E-state index contributed by atoms with van der Waals surface area (Å²) < 4.78 is 21.4. The van der Waals surface area contributed by atoms with E-state index in [9.17, 15) is 39.9 Å². The summed E-state index contributed by atoms with van der Waals surface area (Å²) in [5.74, 6) is -4.33. The SMILES string of the molecule is COC(=O)C(NC(=O)C1O[C@H](Oc2cc3oc(-c4ccccc4)cc(=O)c3c(O)c2O)C(O)C(O)[C@H]1O)C(C)C. The Hall–Kier alpha value is -4.17. The molecule has 4 unspecified atom stereocenters. The number of rotatable bonds is 7. The monoisotopic (exact) mass is 559 g/mol. The van der Waals surface area contributed by atoms with Crippen LogP contribution in [0.2, 0.25) is 0 Å². The fourth-order valence-electron chi connectivity index (χ4n) is 4.25. The van der Waals surface area contributed by atoms with Crippen molar-refractivity contribution in [2.45, 2.75) is 50.6 Å². The van der Waals surface area contributed by atoms with Crippen molar-refractivity contribution in [1.82, 2.24) is 5.32 Å². The summed E-state index contributed by atoms with van der Waals surface area (Å²) in [7, 11) is 1.14. The molecule has 6 N–H and O–H groups in total. The summed E-state index contributed by atoms with van der Waals surface area (Å²) >= 11 is 0. The summed E-state index contributed by atoms with van der Waals surface area (Å²) in [5.41, 5.74) is -0.288. The summed E-state index contributed by atoms with van der Waals surface area (Å²) in [6.45, 7) is 3.28. The molecule has 1 amide bonds. The average molecular weight is 560 g/mol. The fourth-order valence-corrected chi connectivity index (χ4v) is 4.25. The van der Waals surface area contributed by atoms with Gasteiger partial charge in [0.2, 0.25) is 12.0 Å². The van der Waals surface area contributed by atoms with Crippen molar-refractivity contribution in [2.75, 3.05) is 7.11 Å². The minimum atomic E-state index is -1.95. The Balaban J connectivity index is 1.66. The van der Waals surface area contributed by atoms with Gasteiger partial charge in [-0.15, -0.1) is 0 Å². The maximum atomic E-state index is 12.9. The molecular formula is C27H29NO12. The van der Waals surface area contributed by atoms with Gasteiger partial charge in [-0.25, -0.2) is 4.79 Å². The summed E-state index contributed by atoms with van der Waals surface area (Å²) in [6.07, 6.45) is -9.50. The molecule has 40 heavy (non-hydrogen) atoms. The number of phenols is 2. The van der Waals surface area contributed by atoms with E-state index in [0.717, 1.165) is 19.2 Å². The van der Waals surface area contributed by atoms with Gasteiger partial charge < -0.3 is 49.5 Å². The maximum Gasteiger partial charge on any atom is 0.328 e. The van der Waals surface area contributed by atoms with Gasteiger partial charge in [0.1, 0.15) is 41.1 Å². The number of esters is 1. The number of ether oxygens (including phenoxy) is 3. The number of fused-ring (bicyclic) bond motifs is 1. The van der Waals surface area contributed by atoms with Gasteiger partial charge in [0.05, 0.1) is 7.11 Å². The van der Waals surface area contributed by atoms with E-state index < -0.39 is 77.2 Å². The van der Waals surface area contributed by atoms with E-state index in [1.807, 2.05) is 0 Å². The van der Waals surface area contributed by atoms with Gasteiger partial charge in [0, 0.05) is 17.7 Å². The number of aromatic hydroxyl groups is 2. The number of hydrogen-bond donors (Lipinski definition) is 6. The molecule has 1 aliphatic heterocycles. The Labute approximate surface area is 227 Å². The van der Waals surface area contributed by atoms with E-state index >= 15 is 0 Å². The van der Waals surface area contributed by atoms with E-state index in [1.165, 1.54) is 0 Å². The molecule has 6 atom stereocenters. The van der Waals surface area contributed by atoms with E-state index in [2.05, 4.69) is 10.1 Å². The number of hydrogen-bond acceptors (Lipinski definition) is 12. The van der Waals surface area contributed by atoms with Gasteiger partial charge >= 0.3 is 5.97 Å². The minimum absolute atomic E-state index is 0.156. The normalized spacial score (nSPS) is 23.5. The predicted octanol–water partition coefficient (Wildman–Crippen LogP) is 0.371. The summed E-state index contributed by atoms with van der Waals surface area (Å²) in [6, 6.07) is 9.70. The van der Waals surface area contributed by atoms with Crippen LogP contribution in [0.1, 0.15) is 13.8 Å². The Morgan fingerprint density at radius 3 is 2.27 bits per heavy atom. The van der Waals surface area contributed by atoms with Crippen LogP contribution in [0.5, 0.6) is 17.2 Å². The third-order valence-electron chi connectivity index (χ3n) is 6.48. The first-order valence-electron chi connectivity index (χ1n) is 12.3. The Morgan fingerprint density at radius 2 is 1.65 bits per heavy atom. The zero-order chi connectivity index (χ0) is 29.3. The lowest BCUT2D eigenvalue weighted by Gasteiger charge is -2.39. The third-order valence-corrected chi connectivity index (χ3v) is 6.48. The number of phenolic OH excluding ortho intramolecular Hbond substituents is 2. The number of methoxy groups -OCH3 is 1. The predicted molar refractivity (Wildman–Crippen MR) is 137 cm³/mol. The molecule has 0 spiro atoms. The maximum absolute atomic E-state index is 12.9. The minimum Gasteiger partial charge on any atom is -0.504 e. The Morgan fingerprint density at radius 1 is 0.975 bits per heavy atom. The quantitative estimate of drug-likeness (QED) is 0.172. The van der Waals surface area contributed by atoms with Crippen LogP contribution >= 0.6 is 0 Å². The largest absolute Gasteiger partial charge is 0.504 e. The number of nitrogens with one attached hydrogen (secondary N) is 1. The number of carbonyl (C=O) groups is 2. The van der Waals surface area contributed by atoms with Crippen molar-refractivity contribution in [1.29, 1.82) is 0 Å². The molecule has 1 aromatic heterocycles. The van der Waals surface area contributed by atoms with Crippen molar-refractivity contribution in [3.05, 3.63) is 52.7 Å². The molecule has 1 aliphatic rings. The van der Waals surface area contributed by atoms with Gasteiger partial charge in [-0.2, -0.15) is 0 Å². The molecule has 0 bridgehead atoms. The second-order valence-electron chi connectivity index (χ2n) is 9.55. The highest BCUT2D eigenvalue weighted by Gasteiger charge is 2.49. The second kappa shape index (κ2) is 11.5. The standard InChI is InChI=1S/C27H29NO12/c1-11(2)18(26(36)37-3)28-25(35)24-22(33)21(32)23(34)27(40-24)39-16-10-15-17(20(31)19(16)30)13(29)9-14(38-15)12-7-5-4-6-8-12/h4-11,18,21-24,27,30-34H,1-3H3,(H,28,35)/t18?,21?,22-,23?,24?,27+/m1/s1. The summed E-state index contributed by atoms with van der Waals surface area (Å²) in [5, 5.41) is 54.4. The molecule has 0 saturated carbocycles. The molecule has 4 rings (SSSR count). The number of aliphatic hydroxyl groups is 3. The smallest absolute Gasteiger partial charge is 0.328 e. The highest BCUT2D eigenvalue weighted by Crippen LogP contribution is 2.42. The highest BCUT2D eigenvalue weighted by molar-refractivity contribution is 5.89. The Kier molecular flexibility index (Phi) is 8.30. The van der Waals surface area contributed by atoms with E-state index in [4.69, 9.17) is 13.9 Å². The number of aliphatic hydroxyl groups excluding tert-OH is 3. The van der Waals surface area contributed by atoms with Gasteiger partial charge in [0.25, 0.3) is 5.91 Å². The fraction of sp³-hybridized carbons (Fsp3) is 0.370. The van der Waals surface area contributed by atoms with Crippen molar-refractivity contribution >= 4 is 22.8 Å².